The maximum Gasteiger partial charge on any atom is 0.0877 e. The van der Waals surface area contributed by atoms with Gasteiger partial charge in [0.2, 0.25) is 0 Å². The van der Waals surface area contributed by atoms with Gasteiger partial charge in [-0.3, -0.25) is 0 Å². The first kappa shape index (κ1) is 11.9. The molecule has 12 heavy (non-hydrogen) atoms. The van der Waals surface area contributed by atoms with Crippen LogP contribution < -0.4 is 0 Å². The molecule has 0 aliphatic carbocycles. The maximum atomic E-state index is 9.94. The number of aliphatic hydroxyl groups is 1. The molecule has 1 N–H and O–H groups in total. The van der Waals surface area contributed by atoms with Crippen LogP contribution in [0.4, 0.5) is 0 Å². The van der Waals surface area contributed by atoms with Gasteiger partial charge in [-0.25, -0.2) is 0 Å². The van der Waals surface area contributed by atoms with Gasteiger partial charge in [-0.05, 0) is 25.2 Å². The normalized spacial score (nSPS) is 16.5. The summed E-state index contributed by atoms with van der Waals surface area (Å²) in [7, 11) is 1.63. The summed E-state index contributed by atoms with van der Waals surface area (Å²) < 4.78 is 4.98. The van der Waals surface area contributed by atoms with Crippen molar-refractivity contribution in [3.05, 3.63) is 0 Å². The van der Waals surface area contributed by atoms with Gasteiger partial charge in [0.25, 0.3) is 0 Å². The van der Waals surface area contributed by atoms with Gasteiger partial charge in [-0.15, -0.1) is 0 Å². The molecule has 2 nitrogen and oxygen atoms in total. The zero-order valence-corrected chi connectivity index (χ0v) is 8.76. The second-order valence-electron chi connectivity index (χ2n) is 3.94. The van der Waals surface area contributed by atoms with Crippen molar-refractivity contribution in [2.24, 2.45) is 5.92 Å². The molecule has 1 atom stereocenters. The molecule has 0 spiro atoms. The molecule has 0 aliphatic heterocycles. The monoisotopic (exact) mass is 174 g/mol. The van der Waals surface area contributed by atoms with Crippen LogP contribution in [0, 0.1) is 5.92 Å². The van der Waals surface area contributed by atoms with Gasteiger partial charge in [-0.2, -0.15) is 0 Å². The van der Waals surface area contributed by atoms with E-state index in [4.69, 9.17) is 4.74 Å². The summed E-state index contributed by atoms with van der Waals surface area (Å²) in [5.74, 6) is 0.653. The van der Waals surface area contributed by atoms with E-state index in [1.165, 1.54) is 0 Å². The molecule has 0 aromatic heterocycles. The Morgan fingerprint density at radius 2 is 2.00 bits per heavy atom. The fourth-order valence-electron chi connectivity index (χ4n) is 1.18. The Bertz CT molecular complexity index is 112. The van der Waals surface area contributed by atoms with Crippen LogP contribution >= 0.6 is 0 Å². The van der Waals surface area contributed by atoms with Crippen molar-refractivity contribution in [2.75, 3.05) is 13.7 Å². The van der Waals surface area contributed by atoms with Crippen molar-refractivity contribution >= 4 is 0 Å². The topological polar surface area (TPSA) is 29.5 Å². The summed E-state index contributed by atoms with van der Waals surface area (Å²) in [6.07, 6.45) is 2.68. The van der Waals surface area contributed by atoms with Crippen molar-refractivity contribution in [1.82, 2.24) is 0 Å². The van der Waals surface area contributed by atoms with Crippen LogP contribution in [0.25, 0.3) is 0 Å². The van der Waals surface area contributed by atoms with Crippen molar-refractivity contribution in [3.63, 3.8) is 0 Å². The molecule has 0 saturated carbocycles. The van der Waals surface area contributed by atoms with Crippen LogP contribution in [0.2, 0.25) is 0 Å². The van der Waals surface area contributed by atoms with E-state index in [9.17, 15) is 5.11 Å². The zero-order valence-electron chi connectivity index (χ0n) is 8.76. The molecule has 0 bridgehead atoms. The highest BCUT2D eigenvalue weighted by Crippen LogP contribution is 2.20. The Kier molecular flexibility index (Phi) is 5.51. The van der Waals surface area contributed by atoms with Gasteiger partial charge in [0.15, 0.2) is 0 Å². The first-order valence-electron chi connectivity index (χ1n) is 4.75. The molecule has 0 saturated heterocycles. The molecule has 0 aromatic rings. The fraction of sp³-hybridized carbons (Fsp3) is 1.00. The molecule has 74 valence electrons. The maximum absolute atomic E-state index is 9.94. The van der Waals surface area contributed by atoms with E-state index in [1.807, 2.05) is 6.92 Å². The van der Waals surface area contributed by atoms with Crippen molar-refractivity contribution in [1.29, 1.82) is 0 Å². The Morgan fingerprint density at radius 3 is 2.33 bits per heavy atom. The third-order valence-electron chi connectivity index (χ3n) is 2.26. The Hall–Kier alpha value is -0.0800. The van der Waals surface area contributed by atoms with Crippen molar-refractivity contribution < 1.29 is 9.84 Å². The van der Waals surface area contributed by atoms with E-state index >= 15 is 0 Å². The van der Waals surface area contributed by atoms with E-state index in [2.05, 4.69) is 13.8 Å². The van der Waals surface area contributed by atoms with Crippen LogP contribution in [-0.2, 0) is 4.74 Å². The minimum Gasteiger partial charge on any atom is -0.387 e. The zero-order chi connectivity index (χ0) is 9.61. The molecular formula is C10H22O2. The van der Waals surface area contributed by atoms with Crippen LogP contribution in [0.5, 0.6) is 0 Å². The van der Waals surface area contributed by atoms with Gasteiger partial charge < -0.3 is 9.84 Å². The van der Waals surface area contributed by atoms with E-state index in [-0.39, 0.29) is 0 Å². The summed E-state index contributed by atoms with van der Waals surface area (Å²) in [5.41, 5.74) is -0.598. The predicted molar refractivity (Wildman–Crippen MR) is 51.2 cm³/mol. The third kappa shape index (κ3) is 4.73. The molecule has 1 unspecified atom stereocenters. The standard InChI is InChI=1S/C10H22O2/c1-5-10(11,8-12-4)7-6-9(2)3/h9,11H,5-8H2,1-4H3. The molecule has 0 radical (unpaired) electrons. The Morgan fingerprint density at radius 1 is 1.42 bits per heavy atom. The average molecular weight is 174 g/mol. The van der Waals surface area contributed by atoms with E-state index in [1.54, 1.807) is 7.11 Å². The SMILES string of the molecule is CCC(O)(CCC(C)C)COC. The smallest absolute Gasteiger partial charge is 0.0877 e. The quantitative estimate of drug-likeness (QED) is 0.669. The number of ether oxygens (including phenoxy) is 1. The summed E-state index contributed by atoms with van der Waals surface area (Å²) in [5, 5.41) is 9.94. The Balaban J connectivity index is 3.78. The van der Waals surface area contributed by atoms with Crippen LogP contribution in [0.3, 0.4) is 0 Å². The highest BCUT2D eigenvalue weighted by atomic mass is 16.5. The minimum atomic E-state index is -0.598. The number of methoxy groups -OCH3 is 1. The Labute approximate surface area is 75.9 Å². The van der Waals surface area contributed by atoms with Crippen LogP contribution in [0.15, 0.2) is 0 Å². The van der Waals surface area contributed by atoms with Gasteiger partial charge in [0.1, 0.15) is 0 Å². The van der Waals surface area contributed by atoms with E-state index < -0.39 is 5.60 Å². The molecule has 2 heteroatoms. The van der Waals surface area contributed by atoms with Gasteiger partial charge in [0, 0.05) is 7.11 Å². The average Bonchev–Trinajstić information content (AvgIpc) is 2.02. The number of hydrogen-bond acceptors (Lipinski definition) is 2. The summed E-state index contributed by atoms with van der Waals surface area (Å²) in [6, 6.07) is 0. The molecular weight excluding hydrogens is 152 g/mol. The lowest BCUT2D eigenvalue weighted by Crippen LogP contribution is -2.33. The molecule has 0 amide bonds. The lowest BCUT2D eigenvalue weighted by atomic mass is 9.92. The van der Waals surface area contributed by atoms with E-state index in [0.717, 1.165) is 19.3 Å². The lowest BCUT2D eigenvalue weighted by molar-refractivity contribution is -0.0428. The highest BCUT2D eigenvalue weighted by Gasteiger charge is 2.24. The largest absolute Gasteiger partial charge is 0.387 e. The molecule has 0 aliphatic rings. The predicted octanol–water partition coefficient (Wildman–Crippen LogP) is 2.21. The summed E-state index contributed by atoms with van der Waals surface area (Å²) in [6.45, 7) is 6.79. The van der Waals surface area contributed by atoms with Gasteiger partial charge >= 0.3 is 0 Å². The van der Waals surface area contributed by atoms with Crippen molar-refractivity contribution in [2.45, 2.75) is 45.6 Å². The lowest BCUT2D eigenvalue weighted by Gasteiger charge is -2.26. The van der Waals surface area contributed by atoms with Crippen molar-refractivity contribution in [3.8, 4) is 0 Å². The second kappa shape index (κ2) is 5.55. The minimum absolute atomic E-state index is 0.455. The number of rotatable bonds is 6. The molecule has 0 rings (SSSR count). The van der Waals surface area contributed by atoms with Crippen LogP contribution in [0.1, 0.15) is 40.0 Å². The molecule has 0 fully saturated rings. The first-order valence-corrected chi connectivity index (χ1v) is 4.75. The highest BCUT2D eigenvalue weighted by molar-refractivity contribution is 4.76. The summed E-state index contributed by atoms with van der Waals surface area (Å²) in [4.78, 5) is 0. The fourth-order valence-corrected chi connectivity index (χ4v) is 1.18. The van der Waals surface area contributed by atoms with Crippen LogP contribution in [-0.4, -0.2) is 24.4 Å². The van der Waals surface area contributed by atoms with Gasteiger partial charge in [-0.1, -0.05) is 20.8 Å². The first-order chi connectivity index (χ1) is 5.54. The molecule has 0 heterocycles. The van der Waals surface area contributed by atoms with E-state index in [0.29, 0.717) is 12.5 Å². The second-order valence-corrected chi connectivity index (χ2v) is 3.94. The third-order valence-corrected chi connectivity index (χ3v) is 2.26. The molecule has 0 aromatic carbocycles. The number of hydrogen-bond donors (Lipinski definition) is 1. The van der Waals surface area contributed by atoms with Gasteiger partial charge in [0.05, 0.1) is 12.2 Å². The summed E-state index contributed by atoms with van der Waals surface area (Å²) >= 11 is 0.